The van der Waals surface area contributed by atoms with Crippen LogP contribution < -0.4 is 10.1 Å². The first-order valence-corrected chi connectivity index (χ1v) is 18.0. The van der Waals surface area contributed by atoms with Crippen LogP contribution in [0.4, 0.5) is 5.82 Å². The smallest absolute Gasteiger partial charge is 0.338 e. The summed E-state index contributed by atoms with van der Waals surface area (Å²) in [5, 5.41) is 15.4. The standard InChI is InChI=1S/C44H39N5O6/c1-52-35-25-15-14-24-34(35)44(32-20-10-4-11-21-32,33-22-12-5-13-23-33)53-27-36-38(50)39(55-43(51)31-18-8-3-9-19-31)42(54-36)49-29-48-37-40(46-28-47-41(37)49)45-26-30-16-6-2-7-17-30/h2-25,28-29,36,38-39,42,50H,26-27H2,1H3,(H,45,46,47)/t36-,38-,39-,42-/m1/s1. The quantitative estimate of drug-likeness (QED) is 0.0950. The number of nitrogens with one attached hydrogen (secondary N) is 1. The number of hydrogen-bond donors (Lipinski definition) is 2. The lowest BCUT2D eigenvalue weighted by Gasteiger charge is -2.37. The van der Waals surface area contributed by atoms with Crippen LogP contribution in [0.5, 0.6) is 5.75 Å². The maximum atomic E-state index is 13.6. The van der Waals surface area contributed by atoms with Crippen molar-refractivity contribution < 1.29 is 28.8 Å². The Morgan fingerprint density at radius 1 is 0.800 bits per heavy atom. The number of hydrogen-bond acceptors (Lipinski definition) is 10. The molecule has 8 rings (SSSR count). The second-order valence-corrected chi connectivity index (χ2v) is 13.1. The van der Waals surface area contributed by atoms with Gasteiger partial charge in [-0.2, -0.15) is 0 Å². The first-order chi connectivity index (χ1) is 27.1. The summed E-state index contributed by atoms with van der Waals surface area (Å²) in [6, 6.07) is 46.0. The highest BCUT2D eigenvalue weighted by Crippen LogP contribution is 2.45. The second-order valence-electron chi connectivity index (χ2n) is 13.1. The van der Waals surface area contributed by atoms with Gasteiger partial charge in [0.2, 0.25) is 0 Å². The third-order valence-corrected chi connectivity index (χ3v) is 9.81. The minimum atomic E-state index is -1.31. The van der Waals surface area contributed by atoms with Gasteiger partial charge < -0.3 is 29.4 Å². The highest BCUT2D eigenvalue weighted by molar-refractivity contribution is 5.89. The molecular formula is C44H39N5O6. The van der Waals surface area contributed by atoms with Crippen molar-refractivity contribution in [1.29, 1.82) is 0 Å². The summed E-state index contributed by atoms with van der Waals surface area (Å²) in [5.41, 5.74) is 3.59. The van der Waals surface area contributed by atoms with Gasteiger partial charge in [-0.15, -0.1) is 0 Å². The molecule has 0 spiro atoms. The van der Waals surface area contributed by atoms with Gasteiger partial charge >= 0.3 is 5.97 Å². The van der Waals surface area contributed by atoms with Crippen LogP contribution in [-0.4, -0.2) is 62.6 Å². The maximum Gasteiger partial charge on any atom is 0.338 e. The Morgan fingerprint density at radius 3 is 2.09 bits per heavy atom. The minimum absolute atomic E-state index is 0.107. The fraction of sp³-hybridized carbons (Fsp3) is 0.182. The third kappa shape index (κ3) is 7.04. The van der Waals surface area contributed by atoms with Crippen LogP contribution in [0.25, 0.3) is 11.2 Å². The number of aliphatic hydroxyl groups is 1. The molecule has 3 heterocycles. The van der Waals surface area contributed by atoms with E-state index in [9.17, 15) is 9.90 Å². The van der Waals surface area contributed by atoms with Crippen LogP contribution in [0, 0.1) is 0 Å². The number of esters is 1. The number of ether oxygens (including phenoxy) is 4. The summed E-state index contributed by atoms with van der Waals surface area (Å²) < 4.78 is 27.4. The summed E-state index contributed by atoms with van der Waals surface area (Å²) in [4.78, 5) is 27.2. The molecule has 5 aromatic carbocycles. The first kappa shape index (κ1) is 35.6. The zero-order valence-electron chi connectivity index (χ0n) is 30.0. The van der Waals surface area contributed by atoms with E-state index in [1.54, 1.807) is 42.3 Å². The molecule has 276 valence electrons. The van der Waals surface area contributed by atoms with Crippen LogP contribution in [-0.2, 0) is 26.4 Å². The summed E-state index contributed by atoms with van der Waals surface area (Å²) in [5.74, 6) is 0.536. The van der Waals surface area contributed by atoms with Crippen LogP contribution in [0.15, 0.2) is 158 Å². The summed E-state index contributed by atoms with van der Waals surface area (Å²) in [6.07, 6.45) is -1.46. The molecule has 55 heavy (non-hydrogen) atoms. The zero-order valence-corrected chi connectivity index (χ0v) is 30.0. The molecule has 11 nitrogen and oxygen atoms in total. The van der Waals surface area contributed by atoms with Crippen molar-refractivity contribution >= 4 is 23.0 Å². The van der Waals surface area contributed by atoms with Crippen molar-refractivity contribution in [3.63, 3.8) is 0 Å². The number of nitrogens with zero attached hydrogens (tertiary/aromatic N) is 4. The largest absolute Gasteiger partial charge is 0.496 e. The molecule has 11 heteroatoms. The van der Waals surface area contributed by atoms with Crippen molar-refractivity contribution in [2.45, 2.75) is 36.7 Å². The van der Waals surface area contributed by atoms with E-state index in [4.69, 9.17) is 18.9 Å². The Morgan fingerprint density at radius 2 is 1.42 bits per heavy atom. The molecule has 0 aliphatic carbocycles. The molecule has 2 aromatic heterocycles. The number of carbonyl (C=O) groups excluding carboxylic acids is 1. The van der Waals surface area contributed by atoms with Gasteiger partial charge in [0.15, 0.2) is 29.3 Å². The normalized spacial score (nSPS) is 18.2. The fourth-order valence-corrected chi connectivity index (χ4v) is 7.13. The van der Waals surface area contributed by atoms with Gasteiger partial charge in [0.05, 0.1) is 25.6 Å². The monoisotopic (exact) mass is 733 g/mol. The number of methoxy groups -OCH3 is 1. The molecule has 1 aliphatic rings. The van der Waals surface area contributed by atoms with Crippen LogP contribution >= 0.6 is 0 Å². The average Bonchev–Trinajstić information content (AvgIpc) is 3.82. The van der Waals surface area contributed by atoms with Gasteiger partial charge in [-0.25, -0.2) is 19.7 Å². The molecule has 0 bridgehead atoms. The van der Waals surface area contributed by atoms with Gasteiger partial charge in [-0.05, 0) is 34.9 Å². The number of anilines is 1. The van der Waals surface area contributed by atoms with Gasteiger partial charge in [-0.1, -0.05) is 127 Å². The van der Waals surface area contributed by atoms with Gasteiger partial charge in [0.25, 0.3) is 0 Å². The Hall–Kier alpha value is -6.40. The second kappa shape index (κ2) is 15.9. The maximum absolute atomic E-state index is 13.6. The molecule has 1 saturated heterocycles. The molecule has 0 radical (unpaired) electrons. The van der Waals surface area contributed by atoms with Crippen molar-refractivity contribution in [2.24, 2.45) is 0 Å². The van der Waals surface area contributed by atoms with Gasteiger partial charge in [-0.3, -0.25) is 4.57 Å². The topological polar surface area (TPSA) is 130 Å². The molecule has 0 unspecified atom stereocenters. The van der Waals surface area contributed by atoms with Crippen molar-refractivity contribution in [2.75, 3.05) is 19.0 Å². The van der Waals surface area contributed by atoms with E-state index in [2.05, 4.69) is 20.3 Å². The van der Waals surface area contributed by atoms with E-state index in [-0.39, 0.29) is 6.61 Å². The lowest BCUT2D eigenvalue weighted by Crippen LogP contribution is -2.41. The predicted octanol–water partition coefficient (Wildman–Crippen LogP) is 6.94. The van der Waals surface area contributed by atoms with Crippen LogP contribution in [0.1, 0.15) is 38.8 Å². The number of aromatic nitrogens is 4. The molecule has 1 aliphatic heterocycles. The Kier molecular flexibility index (Phi) is 10.3. The molecule has 7 aromatic rings. The lowest BCUT2D eigenvalue weighted by atomic mass is 9.79. The van der Waals surface area contributed by atoms with E-state index in [0.29, 0.717) is 34.8 Å². The SMILES string of the molecule is COc1ccccc1C(OC[C@H]1O[C@@H](n2cnc3c(NCc4ccccc4)ncnc32)[C@H](OC(=O)c2ccccc2)[C@@H]1O)(c1ccccc1)c1ccccc1. The van der Waals surface area contributed by atoms with E-state index in [0.717, 1.165) is 22.3 Å². The third-order valence-electron chi connectivity index (χ3n) is 9.81. The molecule has 0 saturated carbocycles. The summed E-state index contributed by atoms with van der Waals surface area (Å²) in [7, 11) is 1.63. The molecule has 0 amide bonds. The van der Waals surface area contributed by atoms with E-state index >= 15 is 0 Å². The van der Waals surface area contributed by atoms with Crippen LogP contribution in [0.2, 0.25) is 0 Å². The van der Waals surface area contributed by atoms with E-state index < -0.39 is 36.1 Å². The van der Waals surface area contributed by atoms with E-state index in [1.165, 1.54) is 6.33 Å². The zero-order chi connectivity index (χ0) is 37.6. The highest BCUT2D eigenvalue weighted by atomic mass is 16.6. The number of carbonyl (C=O) groups is 1. The van der Waals surface area contributed by atoms with Crippen molar-refractivity contribution in [1.82, 2.24) is 19.5 Å². The minimum Gasteiger partial charge on any atom is -0.496 e. The number of para-hydroxylation sites is 1. The average molecular weight is 734 g/mol. The van der Waals surface area contributed by atoms with Crippen molar-refractivity contribution in [3.8, 4) is 5.75 Å². The van der Waals surface area contributed by atoms with Crippen molar-refractivity contribution in [3.05, 3.63) is 186 Å². The molecular weight excluding hydrogens is 695 g/mol. The lowest BCUT2D eigenvalue weighted by molar-refractivity contribution is -0.0948. The number of aliphatic hydroxyl groups excluding tert-OH is 1. The molecule has 4 atom stereocenters. The summed E-state index contributed by atoms with van der Waals surface area (Å²) in [6.45, 7) is 0.413. The summed E-state index contributed by atoms with van der Waals surface area (Å²) >= 11 is 0. The predicted molar refractivity (Wildman–Crippen MR) is 206 cm³/mol. The first-order valence-electron chi connectivity index (χ1n) is 18.0. The number of rotatable bonds is 13. The fourth-order valence-electron chi connectivity index (χ4n) is 7.13. The molecule has 1 fully saturated rings. The van der Waals surface area contributed by atoms with E-state index in [1.807, 2.05) is 121 Å². The molecule has 2 N–H and O–H groups in total. The van der Waals surface area contributed by atoms with Gasteiger partial charge in [0, 0.05) is 12.1 Å². The number of benzene rings is 5. The Balaban J connectivity index is 1.16. The van der Waals surface area contributed by atoms with Crippen LogP contribution in [0.3, 0.4) is 0 Å². The highest BCUT2D eigenvalue weighted by Gasteiger charge is 2.50. The number of imidazole rings is 1. The Bertz CT molecular complexity index is 2300. The number of fused-ring (bicyclic) bond motifs is 1. The Labute approximate surface area is 318 Å². The van der Waals surface area contributed by atoms with Gasteiger partial charge in [0.1, 0.15) is 29.9 Å².